The Morgan fingerprint density at radius 3 is 2.40 bits per heavy atom. The molecule has 1 saturated heterocycles. The number of rotatable bonds is 2. The number of epoxide rings is 1. The molecule has 4 aliphatic carbocycles. The van der Waals surface area contributed by atoms with E-state index in [0.717, 1.165) is 37.2 Å². The number of hydrogen-bond donors (Lipinski definition) is 0. The van der Waals surface area contributed by atoms with Crippen molar-refractivity contribution >= 4 is 0 Å². The Labute approximate surface area is 152 Å². The third kappa shape index (κ3) is 1.98. The summed E-state index contributed by atoms with van der Waals surface area (Å²) in [6, 6.07) is 0. The second-order valence-corrected chi connectivity index (χ2v) is 10.0. The van der Waals surface area contributed by atoms with Crippen LogP contribution in [0.25, 0.3) is 0 Å². The molecule has 5 rings (SSSR count). The lowest BCUT2D eigenvalue weighted by atomic mass is 9.47. The molecule has 4 fully saturated rings. The van der Waals surface area contributed by atoms with Crippen molar-refractivity contribution < 1.29 is 14.2 Å². The van der Waals surface area contributed by atoms with Crippen LogP contribution in [0.5, 0.6) is 0 Å². The number of methoxy groups -OCH3 is 2. The summed E-state index contributed by atoms with van der Waals surface area (Å²) in [5.41, 5.74) is 2.67. The van der Waals surface area contributed by atoms with Crippen LogP contribution in [0.2, 0.25) is 0 Å². The van der Waals surface area contributed by atoms with Gasteiger partial charge in [-0.15, -0.1) is 0 Å². The normalized spacial score (nSPS) is 53.0. The number of ether oxygens (including phenoxy) is 3. The average Bonchev–Trinajstić information content (AvgIpc) is 3.35. The molecule has 0 unspecified atom stereocenters. The smallest absolute Gasteiger partial charge is 0.171 e. The highest BCUT2D eigenvalue weighted by molar-refractivity contribution is 5.28. The van der Waals surface area contributed by atoms with Gasteiger partial charge in [0.15, 0.2) is 5.79 Å². The molecule has 0 aromatic heterocycles. The van der Waals surface area contributed by atoms with Crippen LogP contribution in [0, 0.1) is 28.6 Å². The van der Waals surface area contributed by atoms with E-state index in [0.29, 0.717) is 10.8 Å². The van der Waals surface area contributed by atoms with Crippen LogP contribution < -0.4 is 0 Å². The molecule has 140 valence electrons. The zero-order chi connectivity index (χ0) is 17.5. The fraction of sp³-hybridized carbons (Fsp3) is 0.909. The predicted molar refractivity (Wildman–Crippen MR) is 97.1 cm³/mol. The zero-order valence-electron chi connectivity index (χ0n) is 16.4. The maximum absolute atomic E-state index is 6.05. The van der Waals surface area contributed by atoms with Crippen LogP contribution in [0.1, 0.15) is 65.2 Å². The van der Waals surface area contributed by atoms with Crippen molar-refractivity contribution in [3.63, 3.8) is 0 Å². The second-order valence-electron chi connectivity index (χ2n) is 10.0. The molecular weight excluding hydrogens is 312 g/mol. The molecule has 1 aliphatic heterocycles. The van der Waals surface area contributed by atoms with Crippen LogP contribution in [0.4, 0.5) is 0 Å². The van der Waals surface area contributed by atoms with Crippen LogP contribution in [0.15, 0.2) is 11.6 Å². The lowest BCUT2D eigenvalue weighted by molar-refractivity contribution is -0.227. The monoisotopic (exact) mass is 346 g/mol. The SMILES string of the molecule is COC1(OC)CC[C@]2(C)C(=CC[C@@H]3[C@H]4CC[C@@]5(CO5)[C@]4(C)CC[C@@H]32)C1. The molecule has 25 heavy (non-hydrogen) atoms. The highest BCUT2D eigenvalue weighted by Gasteiger charge is 2.69. The van der Waals surface area contributed by atoms with Crippen LogP contribution in [0.3, 0.4) is 0 Å². The first-order chi connectivity index (χ1) is 11.9. The van der Waals surface area contributed by atoms with Crippen molar-refractivity contribution in [3.8, 4) is 0 Å². The van der Waals surface area contributed by atoms with E-state index in [1.165, 1.54) is 38.5 Å². The minimum Gasteiger partial charge on any atom is -0.369 e. The van der Waals surface area contributed by atoms with Gasteiger partial charge >= 0.3 is 0 Å². The minimum absolute atomic E-state index is 0.265. The molecule has 0 aromatic carbocycles. The van der Waals surface area contributed by atoms with Gasteiger partial charge < -0.3 is 14.2 Å². The van der Waals surface area contributed by atoms with Crippen LogP contribution in [-0.4, -0.2) is 32.2 Å². The van der Waals surface area contributed by atoms with E-state index in [1.54, 1.807) is 19.8 Å². The third-order valence-electron chi connectivity index (χ3n) is 9.64. The third-order valence-corrected chi connectivity index (χ3v) is 9.64. The number of allylic oxidation sites excluding steroid dienone is 1. The molecular formula is C22H34O3. The van der Waals surface area contributed by atoms with Crippen molar-refractivity contribution in [2.24, 2.45) is 28.6 Å². The Hall–Kier alpha value is -0.380. The fourth-order valence-corrected chi connectivity index (χ4v) is 7.69. The van der Waals surface area contributed by atoms with Gasteiger partial charge in [0.1, 0.15) is 0 Å². The molecule has 0 bridgehead atoms. The van der Waals surface area contributed by atoms with Crippen molar-refractivity contribution in [1.29, 1.82) is 0 Å². The summed E-state index contributed by atoms with van der Waals surface area (Å²) in [5, 5.41) is 0. The van der Waals surface area contributed by atoms with Gasteiger partial charge in [0.25, 0.3) is 0 Å². The van der Waals surface area contributed by atoms with Gasteiger partial charge in [-0.1, -0.05) is 25.5 Å². The standard InChI is InChI=1S/C22H34O3/c1-19-11-12-22(23-3,24-4)13-15(19)5-6-16-17(19)7-9-20(2)18(16)8-10-21(20)14-25-21/h5,16-18H,6-14H2,1-4H3/t16-,17-,18+,19+,20+,21+/m0/s1. The quantitative estimate of drug-likeness (QED) is 0.412. The molecule has 5 aliphatic rings. The molecule has 3 nitrogen and oxygen atoms in total. The predicted octanol–water partition coefficient (Wildman–Crippen LogP) is 4.71. The van der Waals surface area contributed by atoms with Gasteiger partial charge in [-0.25, -0.2) is 0 Å². The molecule has 0 radical (unpaired) electrons. The molecule has 1 heterocycles. The summed E-state index contributed by atoms with van der Waals surface area (Å²) < 4.78 is 17.6. The number of fused-ring (bicyclic) bond motifs is 6. The average molecular weight is 347 g/mol. The van der Waals surface area contributed by atoms with E-state index >= 15 is 0 Å². The largest absolute Gasteiger partial charge is 0.369 e. The first kappa shape index (κ1) is 16.8. The molecule has 1 spiro atoms. The van der Waals surface area contributed by atoms with Gasteiger partial charge in [-0.2, -0.15) is 0 Å². The Kier molecular flexibility index (Phi) is 3.43. The van der Waals surface area contributed by atoms with Crippen molar-refractivity contribution in [3.05, 3.63) is 11.6 Å². The van der Waals surface area contributed by atoms with E-state index in [4.69, 9.17) is 14.2 Å². The fourth-order valence-electron chi connectivity index (χ4n) is 7.69. The molecule has 3 saturated carbocycles. The first-order valence-corrected chi connectivity index (χ1v) is 10.4. The van der Waals surface area contributed by atoms with E-state index < -0.39 is 0 Å². The summed E-state index contributed by atoms with van der Waals surface area (Å²) in [5.74, 6) is 2.17. The second kappa shape index (κ2) is 5.11. The van der Waals surface area contributed by atoms with Gasteiger partial charge in [0.2, 0.25) is 0 Å². The van der Waals surface area contributed by atoms with Crippen molar-refractivity contribution in [1.82, 2.24) is 0 Å². The zero-order valence-corrected chi connectivity index (χ0v) is 16.4. The molecule has 3 heteroatoms. The van der Waals surface area contributed by atoms with Gasteiger partial charge in [-0.05, 0) is 61.7 Å². The molecule has 0 amide bonds. The maximum atomic E-state index is 6.05. The Morgan fingerprint density at radius 2 is 1.72 bits per heavy atom. The molecule has 6 atom stereocenters. The highest BCUT2D eigenvalue weighted by atomic mass is 16.7. The molecule has 0 N–H and O–H groups in total. The summed E-state index contributed by atoms with van der Waals surface area (Å²) in [6.07, 6.45) is 12.4. The number of hydrogen-bond acceptors (Lipinski definition) is 3. The Morgan fingerprint density at radius 1 is 1.00 bits per heavy atom. The van der Waals surface area contributed by atoms with Crippen molar-refractivity contribution in [2.45, 2.75) is 76.6 Å². The van der Waals surface area contributed by atoms with E-state index in [2.05, 4.69) is 19.9 Å². The van der Waals surface area contributed by atoms with Crippen LogP contribution in [-0.2, 0) is 14.2 Å². The van der Waals surface area contributed by atoms with Crippen molar-refractivity contribution in [2.75, 3.05) is 20.8 Å². The molecule has 0 aromatic rings. The maximum Gasteiger partial charge on any atom is 0.171 e. The van der Waals surface area contributed by atoms with E-state index in [9.17, 15) is 0 Å². The Bertz CT molecular complexity index is 602. The topological polar surface area (TPSA) is 31.0 Å². The van der Waals surface area contributed by atoms with Gasteiger partial charge in [-0.3, -0.25) is 0 Å². The van der Waals surface area contributed by atoms with Crippen LogP contribution >= 0.6 is 0 Å². The van der Waals surface area contributed by atoms with E-state index in [-0.39, 0.29) is 11.4 Å². The lowest BCUT2D eigenvalue weighted by Crippen LogP contribution is -2.53. The van der Waals surface area contributed by atoms with E-state index in [1.807, 2.05) is 0 Å². The Balaban J connectivity index is 1.47. The lowest BCUT2D eigenvalue weighted by Gasteiger charge is -2.59. The minimum atomic E-state index is -0.388. The summed E-state index contributed by atoms with van der Waals surface area (Å²) in [6.45, 7) is 6.13. The highest BCUT2D eigenvalue weighted by Crippen LogP contribution is 2.70. The summed E-state index contributed by atoms with van der Waals surface area (Å²) in [7, 11) is 3.61. The summed E-state index contributed by atoms with van der Waals surface area (Å²) in [4.78, 5) is 0. The summed E-state index contributed by atoms with van der Waals surface area (Å²) >= 11 is 0. The first-order valence-electron chi connectivity index (χ1n) is 10.4. The van der Waals surface area contributed by atoms with Gasteiger partial charge in [0, 0.05) is 32.5 Å². The van der Waals surface area contributed by atoms with Gasteiger partial charge in [0.05, 0.1) is 12.2 Å².